The van der Waals surface area contributed by atoms with Crippen molar-refractivity contribution in [3.63, 3.8) is 0 Å². The van der Waals surface area contributed by atoms with Crippen molar-refractivity contribution in [1.82, 2.24) is 20.6 Å². The van der Waals surface area contributed by atoms with Crippen LogP contribution >= 0.6 is 0 Å². The summed E-state index contributed by atoms with van der Waals surface area (Å²) in [6, 6.07) is 18.5. The fraction of sp³-hybridized carbons (Fsp3) is 0.420. The minimum Gasteiger partial charge on any atom is -0.461 e. The number of aliphatic imine (C=N–C) groups is 2. The quantitative estimate of drug-likeness (QED) is 0.00998. The highest BCUT2D eigenvalue weighted by Gasteiger charge is 2.16. The lowest BCUT2D eigenvalue weighted by atomic mass is 10.0. The van der Waals surface area contributed by atoms with Crippen LogP contribution in [0.4, 0.5) is 22.1 Å². The number of urea groups is 1. The molecule has 0 aliphatic carbocycles. The highest BCUT2D eigenvalue weighted by Crippen LogP contribution is 2.19. The number of esters is 2. The molecule has 1 aromatic heterocycles. The van der Waals surface area contributed by atoms with E-state index in [2.05, 4.69) is 80.8 Å². The molecule has 2 aromatic carbocycles. The highest BCUT2D eigenvalue weighted by atomic mass is 16.5. The van der Waals surface area contributed by atoms with E-state index in [1.165, 1.54) is 18.2 Å². The number of nitrogens with two attached hydrogens (primary N) is 1. The maximum absolute atomic E-state index is 12.7. The van der Waals surface area contributed by atoms with Crippen molar-refractivity contribution >= 4 is 59.4 Å². The van der Waals surface area contributed by atoms with Crippen molar-refractivity contribution in [2.75, 3.05) is 42.3 Å². The Hall–Kier alpha value is -7.73. The average Bonchev–Trinajstić information content (AvgIpc) is 3.31. The van der Waals surface area contributed by atoms with E-state index in [0.29, 0.717) is 54.1 Å². The molecule has 0 fully saturated rings. The third-order valence-corrected chi connectivity index (χ3v) is 10.4. The molecule has 0 radical (unpaired) electrons. The number of hydrogen-bond acceptors (Lipinski definition) is 11. The molecule has 0 saturated heterocycles. The Morgan fingerprint density at radius 2 is 1.26 bits per heavy atom. The Bertz CT molecular complexity index is 2390. The zero-order chi connectivity index (χ0) is 49.7. The number of guanidine groups is 2. The van der Waals surface area contributed by atoms with Crippen molar-refractivity contribution < 1.29 is 23.9 Å². The molecular formula is C50H66N12O6. The van der Waals surface area contributed by atoms with Gasteiger partial charge in [-0.2, -0.15) is 25.5 Å². The van der Waals surface area contributed by atoms with Crippen molar-refractivity contribution in [2.24, 2.45) is 27.6 Å². The summed E-state index contributed by atoms with van der Waals surface area (Å²) in [7, 11) is 0. The number of nitriles is 2. The van der Waals surface area contributed by atoms with Gasteiger partial charge >= 0.3 is 18.0 Å². The van der Waals surface area contributed by atoms with E-state index in [9.17, 15) is 29.7 Å². The maximum atomic E-state index is 12.7. The van der Waals surface area contributed by atoms with Gasteiger partial charge in [0.25, 0.3) is 5.56 Å². The largest absolute Gasteiger partial charge is 0.461 e. The van der Waals surface area contributed by atoms with Gasteiger partial charge in [0.15, 0.2) is 0 Å². The molecule has 2 amide bonds. The van der Waals surface area contributed by atoms with Crippen molar-refractivity contribution in [3.05, 3.63) is 105 Å². The Kier molecular flexibility index (Phi) is 24.5. The first-order valence-electron chi connectivity index (χ1n) is 23.1. The van der Waals surface area contributed by atoms with Gasteiger partial charge in [0, 0.05) is 36.2 Å². The minimum absolute atomic E-state index is 0.0162. The average molecular weight is 931 g/mol. The van der Waals surface area contributed by atoms with Crippen molar-refractivity contribution in [2.45, 2.75) is 98.8 Å². The number of amides is 2. The lowest BCUT2D eigenvalue weighted by Gasteiger charge is -2.14. The van der Waals surface area contributed by atoms with Gasteiger partial charge in [-0.3, -0.25) is 10.1 Å². The number of hydrogen-bond donors (Lipinski definition) is 7. The number of benzene rings is 2. The number of rotatable bonds is 26. The van der Waals surface area contributed by atoms with Crippen molar-refractivity contribution in [3.8, 4) is 12.1 Å². The van der Waals surface area contributed by atoms with Gasteiger partial charge in [-0.05, 0) is 92.0 Å². The number of carbonyl (C=O) groups is 3. The van der Waals surface area contributed by atoms with Crippen LogP contribution < -0.4 is 37.9 Å². The van der Waals surface area contributed by atoms with Crippen LogP contribution in [-0.2, 0) is 19.1 Å². The smallest absolute Gasteiger partial charge is 0.348 e. The lowest BCUT2D eigenvalue weighted by Crippen LogP contribution is -2.32. The van der Waals surface area contributed by atoms with E-state index < -0.39 is 23.5 Å². The number of aromatic nitrogens is 2. The van der Waals surface area contributed by atoms with Crippen LogP contribution in [-0.4, -0.2) is 66.2 Å². The Labute approximate surface area is 399 Å². The third kappa shape index (κ3) is 21.1. The second-order valence-corrected chi connectivity index (χ2v) is 16.0. The predicted octanol–water partition coefficient (Wildman–Crippen LogP) is 8.27. The number of anilines is 3. The van der Waals surface area contributed by atoms with Gasteiger partial charge in [0.05, 0.1) is 13.2 Å². The Morgan fingerprint density at radius 3 is 1.74 bits per heavy atom. The van der Waals surface area contributed by atoms with E-state index in [1.54, 1.807) is 55.5 Å². The maximum Gasteiger partial charge on any atom is 0.348 e. The standard InChI is InChI=1S/C50H66N12O6/c1-7-11-15-36(9-3)32-67-45(64)40(30-51)28-38-17-21-42(22-18-38)57-35(6)58-48(54-25-13-14-26-55-50(66)62-49-56-34(5)27-44(63)60-49)61-47(53)59-43-23-19-39(20-24-43)29-41(31-52)46(65)68-33-37(10-4)16-12-8-2/h17-24,27-29,36-37,57H,6-16,25-26,32-33H2,1-5H3,(H4,53,54,58,59,61)(H3,55,56,60,62,63,66)/b40-28+,41-29+. The SMILES string of the molecule is C=C(/N=C(\N=C(/N)Nc1ccc(/C=C(\C#N)C(=O)OCC(CC)CCCC)cc1)NCCCCNC(=O)Nc1nc(=O)cc(C)[nH]1)Nc1ccc(/C=C(\C#N)C(=O)OCC(CC)CCCC)cc1. The first-order chi connectivity index (χ1) is 32.8. The predicted molar refractivity (Wildman–Crippen MR) is 268 cm³/mol. The van der Waals surface area contributed by atoms with Crippen LogP contribution in [0.2, 0.25) is 0 Å². The number of nitrogens with one attached hydrogen (secondary N) is 6. The first-order valence-corrected chi connectivity index (χ1v) is 23.1. The highest BCUT2D eigenvalue weighted by molar-refractivity contribution is 6.02. The van der Waals surface area contributed by atoms with Gasteiger partial charge in [-0.1, -0.05) is 97.1 Å². The monoisotopic (exact) mass is 931 g/mol. The van der Waals surface area contributed by atoms with Crippen LogP contribution in [0, 0.1) is 41.4 Å². The molecule has 68 heavy (non-hydrogen) atoms. The molecule has 18 heteroatoms. The molecule has 3 aromatic rings. The molecule has 18 nitrogen and oxygen atoms in total. The Morgan fingerprint density at radius 1 is 0.765 bits per heavy atom. The molecule has 0 aliphatic heterocycles. The molecule has 0 aliphatic rings. The lowest BCUT2D eigenvalue weighted by molar-refractivity contribution is -0.140. The molecule has 8 N–H and O–H groups in total. The summed E-state index contributed by atoms with van der Waals surface area (Å²) in [5.74, 6) is -0.481. The van der Waals surface area contributed by atoms with Gasteiger partial charge < -0.3 is 41.5 Å². The second-order valence-electron chi connectivity index (χ2n) is 16.0. The molecule has 3 rings (SSSR count). The van der Waals surface area contributed by atoms with Gasteiger partial charge in [0.1, 0.15) is 29.1 Å². The fourth-order valence-corrected chi connectivity index (χ4v) is 6.43. The Balaban J connectivity index is 1.70. The summed E-state index contributed by atoms with van der Waals surface area (Å²) in [6.07, 6.45) is 12.0. The number of nitrogens with zero attached hydrogens (tertiary/aromatic N) is 5. The zero-order valence-corrected chi connectivity index (χ0v) is 39.9. The third-order valence-electron chi connectivity index (χ3n) is 10.4. The van der Waals surface area contributed by atoms with Gasteiger partial charge in [-0.25, -0.2) is 14.4 Å². The van der Waals surface area contributed by atoms with Crippen LogP contribution in [0.15, 0.2) is 92.9 Å². The molecule has 0 spiro atoms. The van der Waals surface area contributed by atoms with E-state index in [-0.39, 0.29) is 59.9 Å². The molecule has 0 bridgehead atoms. The summed E-state index contributed by atoms with van der Waals surface area (Å²) >= 11 is 0. The van der Waals surface area contributed by atoms with Gasteiger partial charge in [0.2, 0.25) is 17.9 Å². The summed E-state index contributed by atoms with van der Waals surface area (Å²) in [6.45, 7) is 15.3. The van der Waals surface area contributed by atoms with Crippen LogP contribution in [0.25, 0.3) is 12.2 Å². The summed E-state index contributed by atoms with van der Waals surface area (Å²) < 4.78 is 10.9. The molecule has 2 atom stereocenters. The normalized spacial score (nSPS) is 12.7. The minimum atomic E-state index is -0.664. The van der Waals surface area contributed by atoms with Crippen LogP contribution in [0.3, 0.4) is 0 Å². The van der Waals surface area contributed by atoms with E-state index in [0.717, 1.165) is 51.4 Å². The van der Waals surface area contributed by atoms with E-state index in [4.69, 9.17) is 15.2 Å². The number of unbranched alkanes of at least 4 members (excludes halogenated alkanes) is 3. The van der Waals surface area contributed by atoms with E-state index in [1.807, 2.05) is 12.1 Å². The summed E-state index contributed by atoms with van der Waals surface area (Å²) in [5, 5.41) is 33.9. The molecule has 362 valence electrons. The number of aryl methyl sites for hydroxylation is 1. The number of ether oxygens (including phenoxy) is 2. The van der Waals surface area contributed by atoms with Crippen molar-refractivity contribution in [1.29, 1.82) is 10.5 Å². The first kappa shape index (κ1) is 54.6. The molecular weight excluding hydrogens is 865 g/mol. The number of H-pyrrole nitrogens is 1. The summed E-state index contributed by atoms with van der Waals surface area (Å²) in [5.41, 5.74) is 8.62. The molecule has 1 heterocycles. The number of carbonyl (C=O) groups excluding carboxylic acids is 3. The number of aromatic amines is 1. The van der Waals surface area contributed by atoms with Crippen LogP contribution in [0.5, 0.6) is 0 Å². The zero-order valence-electron chi connectivity index (χ0n) is 39.9. The molecule has 0 saturated carbocycles. The fourth-order valence-electron chi connectivity index (χ4n) is 6.43. The van der Waals surface area contributed by atoms with Crippen LogP contribution in [0.1, 0.15) is 109 Å². The summed E-state index contributed by atoms with van der Waals surface area (Å²) in [4.78, 5) is 64.9. The second kappa shape index (κ2) is 30.5. The molecule has 2 unspecified atom stereocenters. The van der Waals surface area contributed by atoms with Gasteiger partial charge in [-0.15, -0.1) is 0 Å². The van der Waals surface area contributed by atoms with E-state index >= 15 is 0 Å². The topological polar surface area (TPSA) is 274 Å².